The Morgan fingerprint density at radius 2 is 2.07 bits per heavy atom. The second-order valence-corrected chi connectivity index (χ2v) is 4.48. The Kier molecular flexibility index (Phi) is 3.32. The van der Waals surface area contributed by atoms with Gasteiger partial charge in [0.25, 0.3) is 0 Å². The van der Waals surface area contributed by atoms with E-state index in [1.807, 2.05) is 23.9 Å². The molecule has 0 aromatic heterocycles. The summed E-state index contributed by atoms with van der Waals surface area (Å²) in [6.07, 6.45) is 0. The monoisotopic (exact) mass is 210 g/mol. The highest BCUT2D eigenvalue weighted by molar-refractivity contribution is 7.99. The van der Waals surface area contributed by atoms with Crippen LogP contribution < -0.4 is 4.74 Å². The quantitative estimate of drug-likeness (QED) is 0.711. The van der Waals surface area contributed by atoms with Crippen LogP contribution in [-0.2, 0) is 4.74 Å². The van der Waals surface area contributed by atoms with Crippen molar-refractivity contribution in [3.8, 4) is 5.75 Å². The molecule has 1 aromatic rings. The minimum absolute atomic E-state index is 0.752. The molecule has 3 heteroatoms. The fourth-order valence-corrected chi connectivity index (χ4v) is 2.22. The highest BCUT2D eigenvalue weighted by Crippen LogP contribution is 2.25. The summed E-state index contributed by atoms with van der Waals surface area (Å²) >= 11 is 1.89. The van der Waals surface area contributed by atoms with E-state index in [0.29, 0.717) is 0 Å². The summed E-state index contributed by atoms with van der Waals surface area (Å²) in [7, 11) is 1.69. The number of rotatable bonds is 4. The van der Waals surface area contributed by atoms with Crippen LogP contribution in [0.15, 0.2) is 29.2 Å². The predicted molar refractivity (Wildman–Crippen MR) is 58.0 cm³/mol. The largest absolute Gasteiger partial charge is 0.497 e. The standard InChI is InChI=1S/C11H14O2S/c1-12-10-2-4-11(5-3-10)14-8-9-6-13-7-9/h2-5,9H,6-8H2,1H3. The van der Waals surface area contributed by atoms with Crippen LogP contribution in [0.3, 0.4) is 0 Å². The van der Waals surface area contributed by atoms with Crippen molar-refractivity contribution in [1.29, 1.82) is 0 Å². The topological polar surface area (TPSA) is 18.5 Å². The van der Waals surface area contributed by atoms with Crippen LogP contribution in [0.4, 0.5) is 0 Å². The van der Waals surface area contributed by atoms with Gasteiger partial charge in [-0.05, 0) is 24.3 Å². The Morgan fingerprint density at radius 3 is 2.57 bits per heavy atom. The Morgan fingerprint density at radius 1 is 1.36 bits per heavy atom. The first-order valence-corrected chi connectivity index (χ1v) is 5.71. The van der Waals surface area contributed by atoms with Crippen LogP contribution in [0, 0.1) is 5.92 Å². The molecule has 14 heavy (non-hydrogen) atoms. The van der Waals surface area contributed by atoms with Crippen molar-refractivity contribution in [2.75, 3.05) is 26.1 Å². The Labute approximate surface area is 88.6 Å². The molecule has 76 valence electrons. The van der Waals surface area contributed by atoms with Crippen molar-refractivity contribution in [2.24, 2.45) is 5.92 Å². The zero-order valence-corrected chi connectivity index (χ0v) is 9.05. The zero-order chi connectivity index (χ0) is 9.80. The molecule has 2 nitrogen and oxygen atoms in total. The first-order chi connectivity index (χ1) is 6.88. The van der Waals surface area contributed by atoms with Gasteiger partial charge in [0.05, 0.1) is 20.3 Å². The molecule has 0 radical (unpaired) electrons. The van der Waals surface area contributed by atoms with Crippen molar-refractivity contribution >= 4 is 11.8 Å². The van der Waals surface area contributed by atoms with Crippen molar-refractivity contribution in [2.45, 2.75) is 4.90 Å². The molecule has 0 spiro atoms. The normalized spacial score (nSPS) is 16.4. The molecule has 1 heterocycles. The summed E-state index contributed by atoms with van der Waals surface area (Å²) in [5, 5.41) is 0. The van der Waals surface area contributed by atoms with Crippen LogP contribution in [-0.4, -0.2) is 26.1 Å². The third-order valence-electron chi connectivity index (χ3n) is 2.25. The van der Waals surface area contributed by atoms with Gasteiger partial charge in [0.15, 0.2) is 0 Å². The van der Waals surface area contributed by atoms with E-state index in [1.165, 1.54) is 4.90 Å². The van der Waals surface area contributed by atoms with E-state index >= 15 is 0 Å². The molecular formula is C11H14O2S. The fraction of sp³-hybridized carbons (Fsp3) is 0.455. The second kappa shape index (κ2) is 4.71. The highest BCUT2D eigenvalue weighted by Gasteiger charge is 2.17. The Bertz CT molecular complexity index is 280. The second-order valence-electron chi connectivity index (χ2n) is 3.39. The van der Waals surface area contributed by atoms with Crippen LogP contribution in [0.5, 0.6) is 5.75 Å². The maximum absolute atomic E-state index is 5.13. The molecule has 0 amide bonds. The van der Waals surface area contributed by atoms with Gasteiger partial charge in [0, 0.05) is 16.6 Å². The molecule has 0 N–H and O–H groups in total. The van der Waals surface area contributed by atoms with Crippen LogP contribution in [0.2, 0.25) is 0 Å². The number of hydrogen-bond donors (Lipinski definition) is 0. The van der Waals surface area contributed by atoms with Crippen molar-refractivity contribution in [3.05, 3.63) is 24.3 Å². The fourth-order valence-electron chi connectivity index (χ4n) is 1.27. The van der Waals surface area contributed by atoms with Gasteiger partial charge in [0.1, 0.15) is 5.75 Å². The smallest absolute Gasteiger partial charge is 0.118 e. The zero-order valence-electron chi connectivity index (χ0n) is 8.23. The van der Waals surface area contributed by atoms with Crippen molar-refractivity contribution < 1.29 is 9.47 Å². The average Bonchev–Trinajstić information content (AvgIpc) is 2.16. The third-order valence-corrected chi connectivity index (χ3v) is 3.50. The first kappa shape index (κ1) is 9.87. The van der Waals surface area contributed by atoms with E-state index in [-0.39, 0.29) is 0 Å². The third kappa shape index (κ3) is 2.42. The van der Waals surface area contributed by atoms with Crippen LogP contribution in [0.25, 0.3) is 0 Å². The summed E-state index contributed by atoms with van der Waals surface area (Å²) in [4.78, 5) is 1.30. The molecule has 0 saturated carbocycles. The molecule has 1 aliphatic rings. The van der Waals surface area contributed by atoms with Crippen LogP contribution in [0.1, 0.15) is 0 Å². The summed E-state index contributed by atoms with van der Waals surface area (Å²) < 4.78 is 10.2. The van der Waals surface area contributed by atoms with Gasteiger partial charge in [-0.2, -0.15) is 0 Å². The number of benzene rings is 1. The van der Waals surface area contributed by atoms with E-state index in [4.69, 9.17) is 9.47 Å². The van der Waals surface area contributed by atoms with E-state index in [0.717, 1.165) is 30.6 Å². The van der Waals surface area contributed by atoms with Gasteiger partial charge in [-0.25, -0.2) is 0 Å². The van der Waals surface area contributed by atoms with E-state index in [2.05, 4.69) is 12.1 Å². The van der Waals surface area contributed by atoms with Gasteiger partial charge >= 0.3 is 0 Å². The molecule has 0 bridgehead atoms. The van der Waals surface area contributed by atoms with Crippen molar-refractivity contribution in [3.63, 3.8) is 0 Å². The number of thioether (sulfide) groups is 1. The first-order valence-electron chi connectivity index (χ1n) is 4.73. The minimum Gasteiger partial charge on any atom is -0.497 e. The van der Waals surface area contributed by atoms with Crippen molar-refractivity contribution in [1.82, 2.24) is 0 Å². The van der Waals surface area contributed by atoms with E-state index < -0.39 is 0 Å². The maximum atomic E-state index is 5.13. The molecule has 2 rings (SSSR count). The molecule has 1 aliphatic heterocycles. The highest BCUT2D eigenvalue weighted by atomic mass is 32.2. The molecular weight excluding hydrogens is 196 g/mol. The van der Waals surface area contributed by atoms with Gasteiger partial charge in [-0.15, -0.1) is 11.8 Å². The Hall–Kier alpha value is -0.670. The van der Waals surface area contributed by atoms with E-state index in [9.17, 15) is 0 Å². The summed E-state index contributed by atoms with van der Waals surface area (Å²) in [5.74, 6) is 2.83. The molecule has 0 aliphatic carbocycles. The summed E-state index contributed by atoms with van der Waals surface area (Å²) in [6, 6.07) is 8.20. The van der Waals surface area contributed by atoms with Gasteiger partial charge in [0.2, 0.25) is 0 Å². The maximum Gasteiger partial charge on any atom is 0.118 e. The molecule has 0 atom stereocenters. The number of methoxy groups -OCH3 is 1. The lowest BCUT2D eigenvalue weighted by molar-refractivity contribution is -0.0196. The van der Waals surface area contributed by atoms with Gasteiger partial charge < -0.3 is 9.47 Å². The van der Waals surface area contributed by atoms with Crippen LogP contribution >= 0.6 is 11.8 Å². The number of ether oxygens (including phenoxy) is 2. The predicted octanol–water partition coefficient (Wildman–Crippen LogP) is 2.43. The van der Waals surface area contributed by atoms with Gasteiger partial charge in [-0.3, -0.25) is 0 Å². The lowest BCUT2D eigenvalue weighted by atomic mass is 10.1. The van der Waals surface area contributed by atoms with E-state index in [1.54, 1.807) is 7.11 Å². The average molecular weight is 210 g/mol. The lowest BCUT2D eigenvalue weighted by Gasteiger charge is -2.25. The van der Waals surface area contributed by atoms with Gasteiger partial charge in [-0.1, -0.05) is 0 Å². The molecule has 0 unspecified atom stereocenters. The molecule has 1 saturated heterocycles. The Balaban J connectivity index is 1.83. The minimum atomic E-state index is 0.752. The molecule has 1 aromatic carbocycles. The lowest BCUT2D eigenvalue weighted by Crippen LogP contribution is -2.29. The SMILES string of the molecule is COc1ccc(SCC2COC2)cc1. The summed E-state index contributed by atoms with van der Waals surface area (Å²) in [5.41, 5.74) is 0. The number of hydrogen-bond acceptors (Lipinski definition) is 3. The summed E-state index contributed by atoms with van der Waals surface area (Å²) in [6.45, 7) is 1.87. The molecule has 1 fully saturated rings.